The zero-order valence-electron chi connectivity index (χ0n) is 10.9. The van der Waals surface area contributed by atoms with Crippen molar-refractivity contribution < 1.29 is 13.2 Å². The van der Waals surface area contributed by atoms with E-state index in [0.717, 1.165) is 9.71 Å². The molecule has 3 aromatic rings. The van der Waals surface area contributed by atoms with Crippen LogP contribution in [0.3, 0.4) is 0 Å². The van der Waals surface area contributed by atoms with Crippen molar-refractivity contribution in [2.75, 3.05) is 11.1 Å². The number of halogens is 3. The van der Waals surface area contributed by atoms with Crippen LogP contribution >= 0.6 is 11.3 Å². The van der Waals surface area contributed by atoms with E-state index in [1.165, 1.54) is 11.3 Å². The van der Waals surface area contributed by atoms with Crippen LogP contribution in [0.5, 0.6) is 0 Å². The highest BCUT2D eigenvalue weighted by Crippen LogP contribution is 2.33. The quantitative estimate of drug-likeness (QED) is 0.692. The zero-order chi connectivity index (χ0) is 15.1. The molecule has 0 spiro atoms. The first kappa shape index (κ1) is 13.7. The van der Waals surface area contributed by atoms with Crippen LogP contribution in [0.4, 0.5) is 30.2 Å². The van der Waals surface area contributed by atoms with Gasteiger partial charge in [0.05, 0.1) is 26.6 Å². The largest absolute Gasteiger partial charge is 0.397 e. The molecule has 1 heterocycles. The number of nitrogens with two attached hydrogens (primary N) is 1. The fraction of sp³-hybridized carbons (Fsp3) is 0.0714. The molecule has 7 heteroatoms. The Kier molecular flexibility index (Phi) is 3.21. The molecule has 0 saturated carbocycles. The minimum atomic E-state index is -1.03. The third-order valence-electron chi connectivity index (χ3n) is 2.93. The van der Waals surface area contributed by atoms with Gasteiger partial charge < -0.3 is 11.1 Å². The molecule has 1 aromatic heterocycles. The predicted molar refractivity (Wildman–Crippen MR) is 78.4 cm³/mol. The van der Waals surface area contributed by atoms with Crippen LogP contribution < -0.4 is 11.1 Å². The number of nitrogens with zero attached hydrogens (tertiary/aromatic N) is 1. The van der Waals surface area contributed by atoms with E-state index in [0.29, 0.717) is 29.0 Å². The van der Waals surface area contributed by atoms with Crippen LogP contribution in [-0.2, 0) is 0 Å². The summed E-state index contributed by atoms with van der Waals surface area (Å²) in [5, 5.41) is 3.42. The number of anilines is 3. The number of aryl methyl sites for hydroxylation is 1. The number of rotatable bonds is 2. The summed E-state index contributed by atoms with van der Waals surface area (Å²) in [5.41, 5.74) is 6.74. The van der Waals surface area contributed by atoms with Gasteiger partial charge in [-0.25, -0.2) is 18.2 Å². The molecular weight excluding hydrogens is 299 g/mol. The van der Waals surface area contributed by atoms with Crippen molar-refractivity contribution in [3.8, 4) is 0 Å². The van der Waals surface area contributed by atoms with Gasteiger partial charge in [0.25, 0.3) is 0 Å². The van der Waals surface area contributed by atoms with Gasteiger partial charge in [-0.1, -0.05) is 0 Å². The van der Waals surface area contributed by atoms with E-state index in [-0.39, 0.29) is 0 Å². The second-order valence-electron chi connectivity index (χ2n) is 4.51. The van der Waals surface area contributed by atoms with Crippen molar-refractivity contribution >= 4 is 38.6 Å². The van der Waals surface area contributed by atoms with E-state index in [2.05, 4.69) is 10.3 Å². The van der Waals surface area contributed by atoms with Crippen LogP contribution in [-0.4, -0.2) is 4.98 Å². The molecule has 3 N–H and O–H groups in total. The number of aromatic nitrogens is 1. The van der Waals surface area contributed by atoms with Gasteiger partial charge in [-0.15, -0.1) is 11.3 Å². The lowest BCUT2D eigenvalue weighted by atomic mass is 10.2. The molecule has 21 heavy (non-hydrogen) atoms. The van der Waals surface area contributed by atoms with Gasteiger partial charge in [0.2, 0.25) is 0 Å². The molecule has 0 bridgehead atoms. The van der Waals surface area contributed by atoms with Gasteiger partial charge in [-0.05, 0) is 19.1 Å². The first-order valence-corrected chi connectivity index (χ1v) is 6.84. The summed E-state index contributed by atoms with van der Waals surface area (Å²) >= 11 is 1.47. The van der Waals surface area contributed by atoms with Gasteiger partial charge in [0, 0.05) is 12.1 Å². The molecular formula is C14H10F3N3S. The SMILES string of the molecule is Cc1nc2cc(Nc3c(F)cc(F)cc3F)c(N)cc2s1. The fourth-order valence-electron chi connectivity index (χ4n) is 2.01. The van der Waals surface area contributed by atoms with Crippen LogP contribution in [0.25, 0.3) is 10.2 Å². The van der Waals surface area contributed by atoms with Gasteiger partial charge in [0.1, 0.15) is 11.5 Å². The van der Waals surface area contributed by atoms with Gasteiger partial charge in [-0.3, -0.25) is 0 Å². The van der Waals surface area contributed by atoms with Gasteiger partial charge in [-0.2, -0.15) is 0 Å². The summed E-state index contributed by atoms with van der Waals surface area (Å²) in [4.78, 5) is 4.29. The van der Waals surface area contributed by atoms with Crippen molar-refractivity contribution in [2.24, 2.45) is 0 Å². The highest BCUT2D eigenvalue weighted by atomic mass is 32.1. The molecule has 0 aliphatic carbocycles. The molecule has 2 aromatic carbocycles. The fourth-order valence-corrected chi connectivity index (χ4v) is 2.87. The van der Waals surface area contributed by atoms with E-state index in [9.17, 15) is 13.2 Å². The third kappa shape index (κ3) is 2.52. The van der Waals surface area contributed by atoms with Crippen LogP contribution in [0.15, 0.2) is 24.3 Å². The molecule has 0 radical (unpaired) electrons. The normalized spacial score (nSPS) is 11.0. The topological polar surface area (TPSA) is 50.9 Å². The van der Waals surface area contributed by atoms with Crippen molar-refractivity contribution in [3.63, 3.8) is 0 Å². The molecule has 108 valence electrons. The number of nitrogen functional groups attached to an aromatic ring is 1. The Labute approximate surface area is 122 Å². The summed E-state index contributed by atoms with van der Waals surface area (Å²) in [6.07, 6.45) is 0. The monoisotopic (exact) mass is 309 g/mol. The molecule has 0 atom stereocenters. The number of hydrogen-bond donors (Lipinski definition) is 2. The van der Waals surface area contributed by atoms with Crippen LogP contribution in [0.2, 0.25) is 0 Å². The van der Waals surface area contributed by atoms with Crippen molar-refractivity contribution in [1.82, 2.24) is 4.98 Å². The number of thiazole rings is 1. The lowest BCUT2D eigenvalue weighted by Gasteiger charge is -2.11. The van der Waals surface area contributed by atoms with Crippen molar-refractivity contribution in [2.45, 2.75) is 6.92 Å². The van der Waals surface area contributed by atoms with E-state index in [4.69, 9.17) is 5.73 Å². The van der Waals surface area contributed by atoms with E-state index >= 15 is 0 Å². The first-order chi connectivity index (χ1) is 9.94. The maximum Gasteiger partial charge on any atom is 0.152 e. The lowest BCUT2D eigenvalue weighted by Crippen LogP contribution is -2.01. The summed E-state index contributed by atoms with van der Waals surface area (Å²) in [6.45, 7) is 1.85. The summed E-state index contributed by atoms with van der Waals surface area (Å²) in [6, 6.07) is 4.50. The predicted octanol–water partition coefficient (Wildman–Crippen LogP) is 4.35. The second kappa shape index (κ2) is 4.92. The molecule has 0 unspecified atom stereocenters. The summed E-state index contributed by atoms with van der Waals surface area (Å²) in [7, 11) is 0. The Morgan fingerprint density at radius 1 is 1.10 bits per heavy atom. The highest BCUT2D eigenvalue weighted by molar-refractivity contribution is 7.18. The number of nitrogens with one attached hydrogen (secondary N) is 1. The van der Waals surface area contributed by atoms with E-state index in [1.807, 2.05) is 6.92 Å². The van der Waals surface area contributed by atoms with Crippen molar-refractivity contribution in [1.29, 1.82) is 0 Å². The lowest BCUT2D eigenvalue weighted by molar-refractivity contribution is 0.549. The Hall–Kier alpha value is -2.28. The maximum absolute atomic E-state index is 13.6. The average Bonchev–Trinajstić information content (AvgIpc) is 2.72. The first-order valence-electron chi connectivity index (χ1n) is 6.02. The third-order valence-corrected chi connectivity index (χ3v) is 3.87. The molecule has 0 aliphatic heterocycles. The number of fused-ring (bicyclic) bond motifs is 1. The molecule has 3 rings (SSSR count). The summed E-state index contributed by atoms with van der Waals surface area (Å²) < 4.78 is 41.1. The molecule has 0 fully saturated rings. The molecule has 0 aliphatic rings. The van der Waals surface area contributed by atoms with Crippen molar-refractivity contribution in [3.05, 3.63) is 46.7 Å². The Morgan fingerprint density at radius 3 is 2.43 bits per heavy atom. The number of hydrogen-bond acceptors (Lipinski definition) is 4. The second-order valence-corrected chi connectivity index (χ2v) is 5.74. The Morgan fingerprint density at radius 2 is 1.76 bits per heavy atom. The van der Waals surface area contributed by atoms with Crippen LogP contribution in [0.1, 0.15) is 5.01 Å². The molecule has 0 saturated heterocycles. The Balaban J connectivity index is 2.07. The maximum atomic E-state index is 13.6. The number of benzene rings is 2. The smallest absolute Gasteiger partial charge is 0.152 e. The average molecular weight is 309 g/mol. The standard InChI is InChI=1S/C14H10F3N3S/c1-6-19-12-5-11(10(18)4-13(12)21-6)20-14-8(16)2-7(15)3-9(14)17/h2-5,20H,18H2,1H3. The van der Waals surface area contributed by atoms with Gasteiger partial charge >= 0.3 is 0 Å². The highest BCUT2D eigenvalue weighted by Gasteiger charge is 2.14. The minimum absolute atomic E-state index is 0.317. The molecule has 3 nitrogen and oxygen atoms in total. The van der Waals surface area contributed by atoms with E-state index < -0.39 is 23.1 Å². The van der Waals surface area contributed by atoms with E-state index in [1.54, 1.807) is 12.1 Å². The molecule has 0 amide bonds. The minimum Gasteiger partial charge on any atom is -0.397 e. The van der Waals surface area contributed by atoms with Gasteiger partial charge in [0.15, 0.2) is 11.6 Å². The van der Waals surface area contributed by atoms with Crippen LogP contribution in [0, 0.1) is 24.4 Å². The zero-order valence-corrected chi connectivity index (χ0v) is 11.7. The summed E-state index contributed by atoms with van der Waals surface area (Å²) in [5.74, 6) is -3.03. The Bertz CT molecular complexity index is 822.